The minimum Gasteiger partial charge on any atom is -0.454 e. The Morgan fingerprint density at radius 2 is 1.81 bits per heavy atom. The van der Waals surface area contributed by atoms with Gasteiger partial charge in [-0.25, -0.2) is 13.2 Å². The molecule has 1 N–H and O–H groups in total. The summed E-state index contributed by atoms with van der Waals surface area (Å²) in [6, 6.07) is 11.6. The van der Waals surface area contributed by atoms with Crippen LogP contribution in [0.2, 0.25) is 0 Å². The molecule has 136 valence electrons. The molecule has 0 saturated heterocycles. The molecule has 0 amide bonds. The second-order valence-electron chi connectivity index (χ2n) is 6.26. The molecule has 2 aromatic carbocycles. The van der Waals surface area contributed by atoms with Gasteiger partial charge in [0.1, 0.15) is 0 Å². The average Bonchev–Trinajstić information content (AvgIpc) is 3.06. The van der Waals surface area contributed by atoms with Crippen LogP contribution in [0.5, 0.6) is 0 Å². The Balaban J connectivity index is 1.68. The van der Waals surface area contributed by atoms with Gasteiger partial charge in [-0.05, 0) is 48.6 Å². The van der Waals surface area contributed by atoms with Gasteiger partial charge in [-0.1, -0.05) is 24.3 Å². The third-order valence-electron chi connectivity index (χ3n) is 4.20. The monoisotopic (exact) mass is 373 g/mol. The maximum absolute atomic E-state index is 12.3. The molecular weight excluding hydrogens is 354 g/mol. The van der Waals surface area contributed by atoms with Gasteiger partial charge in [0.2, 0.25) is 10.0 Å². The van der Waals surface area contributed by atoms with E-state index in [0.717, 1.165) is 25.5 Å². The van der Waals surface area contributed by atoms with Gasteiger partial charge in [-0.3, -0.25) is 9.52 Å². The molecule has 6 nitrogen and oxygen atoms in total. The Morgan fingerprint density at radius 3 is 2.58 bits per heavy atom. The number of carbonyl (C=O) groups is 2. The van der Waals surface area contributed by atoms with Crippen molar-refractivity contribution < 1.29 is 22.7 Å². The lowest BCUT2D eigenvalue weighted by atomic mass is 10.0. The number of hydrogen-bond acceptors (Lipinski definition) is 5. The molecule has 0 bridgehead atoms. The zero-order valence-corrected chi connectivity index (χ0v) is 15.1. The third kappa shape index (κ3) is 4.29. The molecule has 1 aliphatic carbocycles. The molecule has 0 fully saturated rings. The average molecular weight is 373 g/mol. The molecule has 0 radical (unpaired) electrons. The van der Waals surface area contributed by atoms with Crippen LogP contribution in [0.3, 0.4) is 0 Å². The van der Waals surface area contributed by atoms with Crippen molar-refractivity contribution in [2.75, 3.05) is 17.6 Å². The van der Waals surface area contributed by atoms with Gasteiger partial charge in [-0.2, -0.15) is 0 Å². The smallest absolute Gasteiger partial charge is 0.340 e. The second kappa shape index (κ2) is 7.29. The first-order valence-corrected chi connectivity index (χ1v) is 10.1. The van der Waals surface area contributed by atoms with Crippen molar-refractivity contribution in [2.24, 2.45) is 0 Å². The first-order chi connectivity index (χ1) is 12.3. The van der Waals surface area contributed by atoms with E-state index in [1.54, 1.807) is 18.2 Å². The lowest BCUT2D eigenvalue weighted by molar-refractivity contribution is 0.0476. The number of para-hydroxylation sites is 1. The van der Waals surface area contributed by atoms with E-state index in [1.165, 1.54) is 23.3 Å². The van der Waals surface area contributed by atoms with E-state index in [9.17, 15) is 18.0 Å². The van der Waals surface area contributed by atoms with Crippen LogP contribution >= 0.6 is 0 Å². The quantitative estimate of drug-likeness (QED) is 0.621. The van der Waals surface area contributed by atoms with Crippen molar-refractivity contribution in [3.63, 3.8) is 0 Å². The molecule has 2 aromatic rings. The van der Waals surface area contributed by atoms with Crippen LogP contribution in [0.4, 0.5) is 5.69 Å². The summed E-state index contributed by atoms with van der Waals surface area (Å²) in [6.45, 7) is -0.398. The summed E-state index contributed by atoms with van der Waals surface area (Å²) in [5, 5.41) is 0. The zero-order chi connectivity index (χ0) is 18.7. The van der Waals surface area contributed by atoms with Gasteiger partial charge in [0.05, 0.1) is 17.5 Å². The number of ketones is 1. The van der Waals surface area contributed by atoms with Crippen molar-refractivity contribution in [2.45, 2.75) is 19.3 Å². The lowest BCUT2D eigenvalue weighted by Gasteiger charge is -2.10. The minimum atomic E-state index is -3.54. The Labute approximate surface area is 152 Å². The molecule has 0 unspecified atom stereocenters. The zero-order valence-electron chi connectivity index (χ0n) is 14.3. The Bertz CT molecular complexity index is 966. The van der Waals surface area contributed by atoms with Crippen molar-refractivity contribution in [3.8, 4) is 0 Å². The van der Waals surface area contributed by atoms with Crippen molar-refractivity contribution in [3.05, 3.63) is 64.7 Å². The summed E-state index contributed by atoms with van der Waals surface area (Å²) in [5.74, 6) is -1.05. The van der Waals surface area contributed by atoms with Gasteiger partial charge in [-0.15, -0.1) is 0 Å². The molecule has 0 saturated carbocycles. The van der Waals surface area contributed by atoms with E-state index in [-0.39, 0.29) is 17.0 Å². The second-order valence-corrected chi connectivity index (χ2v) is 8.00. The summed E-state index contributed by atoms with van der Waals surface area (Å²) in [7, 11) is -3.54. The fraction of sp³-hybridized carbons (Fsp3) is 0.263. The molecule has 0 heterocycles. The number of nitrogens with one attached hydrogen (secondary N) is 1. The van der Waals surface area contributed by atoms with Gasteiger partial charge < -0.3 is 4.74 Å². The number of Topliss-reactive ketones (excluding diaryl/α,β-unsaturated/α-hetero) is 1. The maximum Gasteiger partial charge on any atom is 0.340 e. The molecule has 1 aliphatic rings. The van der Waals surface area contributed by atoms with Crippen LogP contribution in [-0.2, 0) is 27.6 Å². The highest BCUT2D eigenvalue weighted by atomic mass is 32.2. The fourth-order valence-corrected chi connectivity index (χ4v) is 3.56. The molecule has 7 heteroatoms. The standard InChI is InChI=1S/C19H19NO5S/c1-26(23,24)20-17-8-3-2-7-16(17)19(22)25-12-18(21)15-10-9-13-5-4-6-14(13)11-15/h2-3,7-11,20H,4-6,12H2,1H3. The van der Waals surface area contributed by atoms with E-state index in [4.69, 9.17) is 4.74 Å². The molecule has 3 rings (SSSR count). The Kier molecular flexibility index (Phi) is 5.08. The van der Waals surface area contributed by atoms with Gasteiger partial charge in [0.25, 0.3) is 0 Å². The summed E-state index contributed by atoms with van der Waals surface area (Å²) in [4.78, 5) is 24.6. The summed E-state index contributed by atoms with van der Waals surface area (Å²) in [5.41, 5.74) is 3.12. The number of fused-ring (bicyclic) bond motifs is 1. The number of esters is 1. The van der Waals surface area contributed by atoms with E-state index < -0.39 is 22.6 Å². The minimum absolute atomic E-state index is 0.0553. The maximum atomic E-state index is 12.3. The molecule has 0 atom stereocenters. The number of benzene rings is 2. The SMILES string of the molecule is CS(=O)(=O)Nc1ccccc1C(=O)OCC(=O)c1ccc2c(c1)CCC2. The van der Waals surface area contributed by atoms with E-state index in [2.05, 4.69) is 4.72 Å². The normalized spacial score (nSPS) is 13.1. The fourth-order valence-electron chi connectivity index (χ4n) is 2.99. The number of carbonyl (C=O) groups excluding carboxylic acids is 2. The van der Waals surface area contributed by atoms with Crippen molar-refractivity contribution >= 4 is 27.5 Å². The van der Waals surface area contributed by atoms with E-state index in [1.807, 2.05) is 12.1 Å². The lowest BCUT2D eigenvalue weighted by Crippen LogP contribution is -2.17. The Hall–Kier alpha value is -2.67. The van der Waals surface area contributed by atoms with Crippen molar-refractivity contribution in [1.29, 1.82) is 0 Å². The molecule has 26 heavy (non-hydrogen) atoms. The number of anilines is 1. The molecule has 0 spiro atoms. The van der Waals surface area contributed by atoms with Gasteiger partial charge in [0, 0.05) is 5.56 Å². The largest absolute Gasteiger partial charge is 0.454 e. The van der Waals surface area contributed by atoms with Gasteiger partial charge in [0.15, 0.2) is 12.4 Å². The van der Waals surface area contributed by atoms with Crippen LogP contribution in [-0.4, -0.2) is 33.0 Å². The number of rotatable bonds is 6. The van der Waals surface area contributed by atoms with Crippen LogP contribution in [0.25, 0.3) is 0 Å². The first kappa shape index (κ1) is 18.1. The molecular formula is C19H19NO5S. The molecule has 0 aliphatic heterocycles. The number of hydrogen-bond donors (Lipinski definition) is 1. The van der Waals surface area contributed by atoms with E-state index in [0.29, 0.717) is 5.56 Å². The summed E-state index contributed by atoms with van der Waals surface area (Å²) >= 11 is 0. The highest BCUT2D eigenvalue weighted by Crippen LogP contribution is 2.23. The first-order valence-electron chi connectivity index (χ1n) is 8.22. The summed E-state index contributed by atoms with van der Waals surface area (Å²) < 4.78 is 30.2. The van der Waals surface area contributed by atoms with Crippen LogP contribution < -0.4 is 4.72 Å². The van der Waals surface area contributed by atoms with Crippen LogP contribution in [0.1, 0.15) is 38.3 Å². The number of aryl methyl sites for hydroxylation is 2. The van der Waals surface area contributed by atoms with E-state index >= 15 is 0 Å². The predicted octanol–water partition coefficient (Wildman–Crippen LogP) is 2.59. The third-order valence-corrected chi connectivity index (χ3v) is 4.79. The topological polar surface area (TPSA) is 89.5 Å². The highest BCUT2D eigenvalue weighted by molar-refractivity contribution is 7.92. The Morgan fingerprint density at radius 1 is 1.08 bits per heavy atom. The predicted molar refractivity (Wildman–Crippen MR) is 98.0 cm³/mol. The number of sulfonamides is 1. The summed E-state index contributed by atoms with van der Waals surface area (Å²) in [6.07, 6.45) is 4.07. The van der Waals surface area contributed by atoms with Crippen LogP contribution in [0.15, 0.2) is 42.5 Å². The van der Waals surface area contributed by atoms with Crippen molar-refractivity contribution in [1.82, 2.24) is 0 Å². The van der Waals surface area contributed by atoms with Gasteiger partial charge >= 0.3 is 5.97 Å². The molecule has 0 aromatic heterocycles. The van der Waals surface area contributed by atoms with Crippen LogP contribution in [0, 0.1) is 0 Å². The highest BCUT2D eigenvalue weighted by Gasteiger charge is 2.18. The number of ether oxygens (including phenoxy) is 1.